The van der Waals surface area contributed by atoms with Crippen molar-refractivity contribution in [3.63, 3.8) is 0 Å². The molecule has 1 rings (SSSR count). The Kier molecular flexibility index (Phi) is 4.56. The van der Waals surface area contributed by atoms with Crippen LogP contribution >= 0.6 is 0 Å². The maximum absolute atomic E-state index is 11.6. The molecule has 0 spiro atoms. The van der Waals surface area contributed by atoms with Crippen molar-refractivity contribution in [2.45, 2.75) is 32.1 Å². The number of hydrogen-bond acceptors (Lipinski definition) is 2. The second-order valence-electron chi connectivity index (χ2n) is 3.57. The highest BCUT2D eigenvalue weighted by molar-refractivity contribution is 5.81. The normalized spacial score (nSPS) is 22.2. The Morgan fingerprint density at radius 3 is 3.08 bits per heavy atom. The van der Waals surface area contributed by atoms with E-state index < -0.39 is 0 Å². The minimum Gasteiger partial charge on any atom is -0.316 e. The quantitative estimate of drug-likeness (QED) is 0.521. The SMILES string of the molecule is C#CCCCC(=O)C1CCCNC1. The zero-order valence-electron chi connectivity index (χ0n) is 8.01. The summed E-state index contributed by atoms with van der Waals surface area (Å²) in [5, 5.41) is 3.24. The maximum atomic E-state index is 11.6. The van der Waals surface area contributed by atoms with Crippen LogP contribution in [0.15, 0.2) is 0 Å². The largest absolute Gasteiger partial charge is 0.316 e. The first-order valence-electron chi connectivity index (χ1n) is 5.01. The molecule has 0 amide bonds. The van der Waals surface area contributed by atoms with Gasteiger partial charge in [0.25, 0.3) is 0 Å². The molecule has 1 heterocycles. The average molecular weight is 179 g/mol. The van der Waals surface area contributed by atoms with Gasteiger partial charge >= 0.3 is 0 Å². The van der Waals surface area contributed by atoms with E-state index in [0.717, 1.165) is 38.8 Å². The van der Waals surface area contributed by atoms with Gasteiger partial charge in [-0.3, -0.25) is 4.79 Å². The van der Waals surface area contributed by atoms with Gasteiger partial charge in [0.2, 0.25) is 0 Å². The van der Waals surface area contributed by atoms with Gasteiger partial charge in [-0.2, -0.15) is 0 Å². The topological polar surface area (TPSA) is 29.1 Å². The lowest BCUT2D eigenvalue weighted by Crippen LogP contribution is -2.34. The first-order chi connectivity index (χ1) is 6.34. The van der Waals surface area contributed by atoms with E-state index in [2.05, 4.69) is 11.2 Å². The Bertz CT molecular complexity index is 199. The molecule has 1 aliphatic rings. The lowest BCUT2D eigenvalue weighted by atomic mass is 9.92. The lowest BCUT2D eigenvalue weighted by molar-refractivity contribution is -0.123. The first kappa shape index (κ1) is 10.3. The predicted octanol–water partition coefficient (Wildman–Crippen LogP) is 1.36. The Labute approximate surface area is 80.1 Å². The number of unbranched alkanes of at least 4 members (excludes halogenated alkanes) is 1. The molecule has 1 aliphatic heterocycles. The predicted molar refractivity (Wildman–Crippen MR) is 53.3 cm³/mol. The third kappa shape index (κ3) is 3.61. The van der Waals surface area contributed by atoms with E-state index in [1.54, 1.807) is 0 Å². The van der Waals surface area contributed by atoms with Crippen molar-refractivity contribution >= 4 is 5.78 Å². The van der Waals surface area contributed by atoms with E-state index in [1.165, 1.54) is 0 Å². The van der Waals surface area contributed by atoms with Crippen molar-refractivity contribution in [3.8, 4) is 12.3 Å². The smallest absolute Gasteiger partial charge is 0.137 e. The van der Waals surface area contributed by atoms with Crippen molar-refractivity contribution in [2.75, 3.05) is 13.1 Å². The lowest BCUT2D eigenvalue weighted by Gasteiger charge is -2.21. The third-order valence-corrected chi connectivity index (χ3v) is 2.50. The Hall–Kier alpha value is -0.810. The van der Waals surface area contributed by atoms with Crippen LogP contribution in [0.1, 0.15) is 32.1 Å². The minimum absolute atomic E-state index is 0.256. The minimum atomic E-state index is 0.256. The number of carbonyl (C=O) groups is 1. The monoisotopic (exact) mass is 179 g/mol. The summed E-state index contributed by atoms with van der Waals surface area (Å²) in [6.45, 7) is 1.93. The standard InChI is InChI=1S/C11H17NO/c1-2-3-4-7-11(13)10-6-5-8-12-9-10/h1,10,12H,3-9H2. The van der Waals surface area contributed by atoms with E-state index >= 15 is 0 Å². The van der Waals surface area contributed by atoms with Gasteiger partial charge in [-0.05, 0) is 25.8 Å². The molecule has 2 nitrogen and oxygen atoms in total. The molecule has 0 radical (unpaired) electrons. The van der Waals surface area contributed by atoms with Crippen molar-refractivity contribution in [2.24, 2.45) is 5.92 Å². The molecule has 1 saturated heterocycles. The Morgan fingerprint density at radius 2 is 2.46 bits per heavy atom. The second-order valence-corrected chi connectivity index (χ2v) is 3.57. The highest BCUT2D eigenvalue weighted by atomic mass is 16.1. The second kappa shape index (κ2) is 5.77. The maximum Gasteiger partial charge on any atom is 0.137 e. The van der Waals surface area contributed by atoms with Gasteiger partial charge in [0.05, 0.1) is 0 Å². The average Bonchev–Trinajstić information content (AvgIpc) is 2.19. The summed E-state index contributed by atoms with van der Waals surface area (Å²) in [7, 11) is 0. The molecule has 1 unspecified atom stereocenters. The number of terminal acetylenes is 1. The van der Waals surface area contributed by atoms with Crippen LogP contribution < -0.4 is 5.32 Å². The fourth-order valence-corrected chi connectivity index (χ4v) is 1.70. The van der Waals surface area contributed by atoms with E-state index in [1.807, 2.05) is 0 Å². The number of hydrogen-bond donors (Lipinski definition) is 1. The number of carbonyl (C=O) groups excluding carboxylic acids is 1. The van der Waals surface area contributed by atoms with E-state index in [0.29, 0.717) is 12.2 Å². The van der Waals surface area contributed by atoms with Crippen LogP contribution in [0.2, 0.25) is 0 Å². The molecule has 1 fully saturated rings. The number of piperidine rings is 1. The van der Waals surface area contributed by atoms with Crippen LogP contribution in [0.3, 0.4) is 0 Å². The first-order valence-corrected chi connectivity index (χ1v) is 5.01. The van der Waals surface area contributed by atoms with Crippen LogP contribution in [0.5, 0.6) is 0 Å². The van der Waals surface area contributed by atoms with Crippen LogP contribution in [-0.4, -0.2) is 18.9 Å². The molecule has 0 bridgehead atoms. The highest BCUT2D eigenvalue weighted by Gasteiger charge is 2.19. The Balaban J connectivity index is 2.18. The molecule has 72 valence electrons. The molecule has 0 aromatic heterocycles. The van der Waals surface area contributed by atoms with Crippen molar-refractivity contribution < 1.29 is 4.79 Å². The molecular weight excluding hydrogens is 162 g/mol. The highest BCUT2D eigenvalue weighted by Crippen LogP contribution is 2.14. The molecule has 1 N–H and O–H groups in total. The summed E-state index contributed by atoms with van der Waals surface area (Å²) < 4.78 is 0. The van der Waals surface area contributed by atoms with Crippen molar-refractivity contribution in [3.05, 3.63) is 0 Å². The number of nitrogens with one attached hydrogen (secondary N) is 1. The summed E-state index contributed by atoms with van der Waals surface area (Å²) in [5.74, 6) is 3.21. The van der Waals surface area contributed by atoms with Crippen molar-refractivity contribution in [1.82, 2.24) is 5.32 Å². The van der Waals surface area contributed by atoms with Crippen LogP contribution in [0.4, 0.5) is 0 Å². The van der Waals surface area contributed by atoms with Gasteiger partial charge in [-0.1, -0.05) is 0 Å². The number of rotatable bonds is 4. The molecule has 13 heavy (non-hydrogen) atoms. The third-order valence-electron chi connectivity index (χ3n) is 2.50. The molecule has 1 atom stereocenters. The van der Waals surface area contributed by atoms with Gasteiger partial charge in [0.1, 0.15) is 5.78 Å². The van der Waals surface area contributed by atoms with Gasteiger partial charge in [0.15, 0.2) is 0 Å². The molecule has 2 heteroatoms. The van der Waals surface area contributed by atoms with Gasteiger partial charge < -0.3 is 5.32 Å². The van der Waals surface area contributed by atoms with E-state index in [4.69, 9.17) is 6.42 Å². The summed E-state index contributed by atoms with van der Waals surface area (Å²) >= 11 is 0. The van der Waals surface area contributed by atoms with Gasteiger partial charge in [-0.15, -0.1) is 12.3 Å². The summed E-state index contributed by atoms with van der Waals surface area (Å²) in [6.07, 6.45) is 9.55. The van der Waals surface area contributed by atoms with E-state index in [9.17, 15) is 4.79 Å². The van der Waals surface area contributed by atoms with Gasteiger partial charge in [-0.25, -0.2) is 0 Å². The molecule has 0 aliphatic carbocycles. The van der Waals surface area contributed by atoms with E-state index in [-0.39, 0.29) is 5.92 Å². The number of ketones is 1. The van der Waals surface area contributed by atoms with Crippen molar-refractivity contribution in [1.29, 1.82) is 0 Å². The molecular formula is C11H17NO. The number of Topliss-reactive ketones (excluding diaryl/α,β-unsaturated/α-hetero) is 1. The van der Waals surface area contributed by atoms with Crippen LogP contribution in [0, 0.1) is 18.3 Å². The van der Waals surface area contributed by atoms with Crippen LogP contribution in [0.25, 0.3) is 0 Å². The summed E-state index contributed by atoms with van der Waals surface area (Å²) in [6, 6.07) is 0. The zero-order chi connectivity index (χ0) is 9.52. The summed E-state index contributed by atoms with van der Waals surface area (Å²) in [4.78, 5) is 11.6. The molecule has 0 aromatic carbocycles. The summed E-state index contributed by atoms with van der Waals surface area (Å²) in [5.41, 5.74) is 0. The van der Waals surface area contributed by atoms with Crippen LogP contribution in [-0.2, 0) is 4.79 Å². The Morgan fingerprint density at radius 1 is 1.62 bits per heavy atom. The van der Waals surface area contributed by atoms with Gasteiger partial charge in [0, 0.05) is 25.3 Å². The fraction of sp³-hybridized carbons (Fsp3) is 0.727. The molecule has 0 aromatic rings. The fourth-order valence-electron chi connectivity index (χ4n) is 1.70. The zero-order valence-corrected chi connectivity index (χ0v) is 8.01. The molecule has 0 saturated carbocycles.